The molecule has 6 nitrogen and oxygen atoms in total. The van der Waals surface area contributed by atoms with Crippen molar-refractivity contribution in [1.82, 2.24) is 0 Å². The maximum Gasteiger partial charge on any atom is 0.303 e. The molecule has 0 saturated heterocycles. The number of rotatable bonds is 13. The van der Waals surface area contributed by atoms with Crippen LogP contribution in [0.25, 0.3) is 0 Å². The number of carbonyl (C=O) groups excluding carboxylic acids is 1. The third-order valence-corrected chi connectivity index (χ3v) is 5.15. The molecule has 0 aromatic heterocycles. The minimum absolute atomic E-state index is 0.0706. The van der Waals surface area contributed by atoms with Gasteiger partial charge in [-0.25, -0.2) is 0 Å². The standard InChI is InChI=1S/C20H34O6/c1-14(21)7-6-8-15(22)11-12-17-16(18(23)13-19(17)24)9-4-2-3-5-10-20(25)26/h2,4,14-17,19,21-22,24H,3,5-13H2,1H3,(H,25,26)/b4-2-/t14-,15+,16+,17+,19+/m0/s1. The Morgan fingerprint density at radius 2 is 1.92 bits per heavy atom. The first-order valence-corrected chi connectivity index (χ1v) is 9.75. The Labute approximate surface area is 155 Å². The zero-order chi connectivity index (χ0) is 19.5. The van der Waals surface area contributed by atoms with Crippen LogP contribution in [-0.2, 0) is 9.59 Å². The lowest BCUT2D eigenvalue weighted by atomic mass is 9.86. The highest BCUT2D eigenvalue weighted by atomic mass is 16.4. The fraction of sp³-hybridized carbons (Fsp3) is 0.800. The van der Waals surface area contributed by atoms with Crippen LogP contribution in [0, 0.1) is 11.8 Å². The highest BCUT2D eigenvalue weighted by Gasteiger charge is 2.40. The highest BCUT2D eigenvalue weighted by Crippen LogP contribution is 2.36. The van der Waals surface area contributed by atoms with Crippen LogP contribution in [0.2, 0.25) is 0 Å². The number of aliphatic hydroxyl groups excluding tert-OH is 3. The van der Waals surface area contributed by atoms with Gasteiger partial charge in [-0.05, 0) is 64.2 Å². The van der Waals surface area contributed by atoms with Crippen molar-refractivity contribution in [2.75, 3.05) is 0 Å². The smallest absolute Gasteiger partial charge is 0.303 e. The second-order valence-corrected chi connectivity index (χ2v) is 7.51. The van der Waals surface area contributed by atoms with E-state index in [0.717, 1.165) is 6.42 Å². The number of aliphatic carboxylic acids is 1. The van der Waals surface area contributed by atoms with E-state index in [9.17, 15) is 24.9 Å². The Bertz CT molecular complexity index is 459. The number of carboxylic acids is 1. The van der Waals surface area contributed by atoms with E-state index in [2.05, 4.69) is 0 Å². The maximum atomic E-state index is 12.1. The fourth-order valence-corrected chi connectivity index (χ4v) is 3.63. The highest BCUT2D eigenvalue weighted by molar-refractivity contribution is 5.84. The van der Waals surface area contributed by atoms with Crippen molar-refractivity contribution in [3.05, 3.63) is 12.2 Å². The van der Waals surface area contributed by atoms with Crippen molar-refractivity contribution in [2.24, 2.45) is 11.8 Å². The van der Waals surface area contributed by atoms with Crippen molar-refractivity contribution in [1.29, 1.82) is 0 Å². The van der Waals surface area contributed by atoms with Crippen molar-refractivity contribution in [3.63, 3.8) is 0 Å². The zero-order valence-corrected chi connectivity index (χ0v) is 15.7. The minimum Gasteiger partial charge on any atom is -0.481 e. The average Bonchev–Trinajstić information content (AvgIpc) is 2.81. The zero-order valence-electron chi connectivity index (χ0n) is 15.7. The van der Waals surface area contributed by atoms with Gasteiger partial charge in [-0.1, -0.05) is 12.2 Å². The summed E-state index contributed by atoms with van der Waals surface area (Å²) in [5.41, 5.74) is 0. The number of Topliss-reactive ketones (excluding diaryl/α,β-unsaturated/α-hetero) is 1. The van der Waals surface area contributed by atoms with E-state index in [1.54, 1.807) is 6.92 Å². The first kappa shape index (κ1) is 22.8. The van der Waals surface area contributed by atoms with Gasteiger partial charge in [-0.15, -0.1) is 0 Å². The SMILES string of the molecule is C[C@H](O)CCC[C@@H](O)CC[C@H]1[C@H](O)CC(=O)[C@@H]1C/C=C\CCCC(=O)O. The molecule has 0 heterocycles. The minimum atomic E-state index is -0.806. The molecule has 1 saturated carbocycles. The monoisotopic (exact) mass is 370 g/mol. The lowest BCUT2D eigenvalue weighted by Gasteiger charge is -2.21. The molecule has 0 aromatic carbocycles. The van der Waals surface area contributed by atoms with Crippen LogP contribution in [-0.4, -0.2) is 50.5 Å². The predicted octanol–water partition coefficient (Wildman–Crippen LogP) is 2.45. The molecule has 5 atom stereocenters. The number of aliphatic hydroxyl groups is 3. The van der Waals surface area contributed by atoms with Crippen molar-refractivity contribution in [2.45, 2.75) is 89.4 Å². The summed E-state index contributed by atoms with van der Waals surface area (Å²) in [6, 6.07) is 0. The predicted molar refractivity (Wildman–Crippen MR) is 98.6 cm³/mol. The molecular weight excluding hydrogens is 336 g/mol. The number of hydrogen-bond acceptors (Lipinski definition) is 5. The number of ketones is 1. The molecule has 0 bridgehead atoms. The Kier molecular flexibility index (Phi) is 10.7. The molecule has 26 heavy (non-hydrogen) atoms. The molecule has 0 unspecified atom stereocenters. The summed E-state index contributed by atoms with van der Waals surface area (Å²) in [5, 5.41) is 38.1. The largest absolute Gasteiger partial charge is 0.481 e. The van der Waals surface area contributed by atoms with Gasteiger partial charge in [0.2, 0.25) is 0 Å². The van der Waals surface area contributed by atoms with Gasteiger partial charge in [0.05, 0.1) is 18.3 Å². The van der Waals surface area contributed by atoms with Gasteiger partial charge in [0.15, 0.2) is 0 Å². The van der Waals surface area contributed by atoms with Crippen LogP contribution >= 0.6 is 0 Å². The van der Waals surface area contributed by atoms with Gasteiger partial charge in [0.25, 0.3) is 0 Å². The van der Waals surface area contributed by atoms with Crippen LogP contribution in [0.15, 0.2) is 12.2 Å². The third kappa shape index (κ3) is 8.92. The van der Waals surface area contributed by atoms with Crippen LogP contribution < -0.4 is 0 Å². The van der Waals surface area contributed by atoms with E-state index in [1.807, 2.05) is 12.2 Å². The van der Waals surface area contributed by atoms with Gasteiger partial charge in [0, 0.05) is 18.8 Å². The second kappa shape index (κ2) is 12.2. The number of allylic oxidation sites excluding steroid dienone is 2. The van der Waals surface area contributed by atoms with Gasteiger partial charge in [0.1, 0.15) is 5.78 Å². The Morgan fingerprint density at radius 3 is 2.58 bits per heavy atom. The molecule has 4 N–H and O–H groups in total. The number of carboxylic acid groups (broad SMARTS) is 1. The van der Waals surface area contributed by atoms with Crippen molar-refractivity contribution >= 4 is 11.8 Å². The van der Waals surface area contributed by atoms with E-state index >= 15 is 0 Å². The number of hydrogen-bond donors (Lipinski definition) is 4. The van der Waals surface area contributed by atoms with Crippen LogP contribution in [0.1, 0.15) is 71.1 Å². The average molecular weight is 370 g/mol. The molecule has 1 fully saturated rings. The first-order chi connectivity index (χ1) is 12.3. The van der Waals surface area contributed by atoms with Crippen LogP contribution in [0.3, 0.4) is 0 Å². The first-order valence-electron chi connectivity index (χ1n) is 9.75. The van der Waals surface area contributed by atoms with Gasteiger partial charge < -0.3 is 20.4 Å². The topological polar surface area (TPSA) is 115 Å². The molecule has 0 amide bonds. The lowest BCUT2D eigenvalue weighted by molar-refractivity contribution is -0.137. The molecule has 150 valence electrons. The molecule has 6 heteroatoms. The summed E-state index contributed by atoms with van der Waals surface area (Å²) < 4.78 is 0. The molecule has 0 aliphatic heterocycles. The summed E-state index contributed by atoms with van der Waals surface area (Å²) >= 11 is 0. The van der Waals surface area contributed by atoms with Crippen LogP contribution in [0.5, 0.6) is 0 Å². The second-order valence-electron chi connectivity index (χ2n) is 7.51. The number of carbonyl (C=O) groups is 2. The van der Waals surface area contributed by atoms with Gasteiger partial charge in [-0.3, -0.25) is 9.59 Å². The maximum absolute atomic E-state index is 12.1. The van der Waals surface area contributed by atoms with E-state index in [1.165, 1.54) is 0 Å². The van der Waals surface area contributed by atoms with Crippen molar-refractivity contribution < 1.29 is 30.0 Å². The summed E-state index contributed by atoms with van der Waals surface area (Å²) in [6.07, 6.45) is 7.68. The van der Waals surface area contributed by atoms with Crippen molar-refractivity contribution in [3.8, 4) is 0 Å². The van der Waals surface area contributed by atoms with Gasteiger partial charge >= 0.3 is 5.97 Å². The molecule has 0 spiro atoms. The fourth-order valence-electron chi connectivity index (χ4n) is 3.63. The summed E-state index contributed by atoms with van der Waals surface area (Å²) in [4.78, 5) is 22.6. The quantitative estimate of drug-likeness (QED) is 0.292. The van der Waals surface area contributed by atoms with Gasteiger partial charge in [-0.2, -0.15) is 0 Å². The Hall–Kier alpha value is -1.24. The molecular formula is C20H34O6. The molecule has 0 aromatic rings. The van der Waals surface area contributed by atoms with E-state index < -0.39 is 18.2 Å². The van der Waals surface area contributed by atoms with E-state index in [4.69, 9.17) is 5.11 Å². The molecule has 1 aliphatic rings. The van der Waals surface area contributed by atoms with E-state index in [0.29, 0.717) is 44.9 Å². The normalized spacial score (nSPS) is 25.7. The molecule has 1 rings (SSSR count). The molecule has 0 radical (unpaired) electrons. The Morgan fingerprint density at radius 1 is 1.19 bits per heavy atom. The summed E-state index contributed by atoms with van der Waals surface area (Å²) in [6.45, 7) is 1.73. The lowest BCUT2D eigenvalue weighted by Crippen LogP contribution is -2.22. The summed E-state index contributed by atoms with van der Waals surface area (Å²) in [7, 11) is 0. The summed E-state index contributed by atoms with van der Waals surface area (Å²) in [5.74, 6) is -1.08. The van der Waals surface area contributed by atoms with Crippen LogP contribution in [0.4, 0.5) is 0 Å². The van der Waals surface area contributed by atoms with E-state index in [-0.39, 0.29) is 36.6 Å². The third-order valence-electron chi connectivity index (χ3n) is 5.15. The molecule has 1 aliphatic carbocycles. The number of unbranched alkanes of at least 4 members (excludes halogenated alkanes) is 1. The Balaban J connectivity index is 2.37.